The van der Waals surface area contributed by atoms with E-state index in [0.29, 0.717) is 23.1 Å². The summed E-state index contributed by atoms with van der Waals surface area (Å²) in [6.45, 7) is 9.03. The summed E-state index contributed by atoms with van der Waals surface area (Å²) in [6.07, 6.45) is 0. The molecule has 8 nitrogen and oxygen atoms in total. The average molecular weight is 586 g/mol. The Kier molecular flexibility index (Phi) is 10.2. The van der Waals surface area contributed by atoms with Crippen LogP contribution in [0.2, 0.25) is 5.02 Å². The van der Waals surface area contributed by atoms with E-state index in [1.54, 1.807) is 73.7 Å². The van der Waals surface area contributed by atoms with E-state index in [0.717, 1.165) is 9.87 Å². The Hall–Kier alpha value is -3.56. The number of carbonyl (C=O) groups excluding carboxylic acids is 2. The van der Waals surface area contributed by atoms with E-state index in [2.05, 4.69) is 5.32 Å². The van der Waals surface area contributed by atoms with E-state index in [4.69, 9.17) is 16.3 Å². The number of hydrogen-bond acceptors (Lipinski definition) is 5. The van der Waals surface area contributed by atoms with E-state index in [-0.39, 0.29) is 17.3 Å². The molecule has 10 heteroatoms. The number of halogens is 1. The summed E-state index contributed by atoms with van der Waals surface area (Å²) < 4.78 is 34.2. The minimum Gasteiger partial charge on any atom is -0.494 e. The summed E-state index contributed by atoms with van der Waals surface area (Å²) >= 11 is 6.04. The van der Waals surface area contributed by atoms with Crippen LogP contribution in [-0.2, 0) is 26.2 Å². The smallest absolute Gasteiger partial charge is 0.264 e. The molecule has 0 fully saturated rings. The quantitative estimate of drug-likeness (QED) is 0.331. The van der Waals surface area contributed by atoms with Crippen LogP contribution in [-0.4, -0.2) is 49.9 Å². The Balaban J connectivity index is 2.00. The number of ether oxygens (including phenoxy) is 1. The molecule has 1 atom stereocenters. The zero-order valence-electron chi connectivity index (χ0n) is 23.4. The Labute approximate surface area is 241 Å². The second-order valence-electron chi connectivity index (χ2n) is 10.3. The molecule has 0 aliphatic heterocycles. The molecule has 3 aromatic rings. The Morgan fingerprint density at radius 2 is 1.55 bits per heavy atom. The maximum Gasteiger partial charge on any atom is 0.264 e. The fourth-order valence-electron chi connectivity index (χ4n) is 3.97. The summed E-state index contributed by atoms with van der Waals surface area (Å²) in [5.74, 6) is -0.350. The first kappa shape index (κ1) is 31.0. The van der Waals surface area contributed by atoms with Gasteiger partial charge in [-0.15, -0.1) is 0 Å². The molecule has 0 aromatic heterocycles. The summed E-state index contributed by atoms with van der Waals surface area (Å²) in [6, 6.07) is 20.5. The molecular weight excluding hydrogens is 550 g/mol. The first-order valence-corrected chi connectivity index (χ1v) is 14.8. The molecule has 40 heavy (non-hydrogen) atoms. The van der Waals surface area contributed by atoms with Crippen LogP contribution in [0.1, 0.15) is 40.2 Å². The topological polar surface area (TPSA) is 96.0 Å². The van der Waals surface area contributed by atoms with Crippen LogP contribution in [0, 0.1) is 0 Å². The minimum atomic E-state index is -4.16. The fourth-order valence-corrected chi connectivity index (χ4v) is 5.51. The fraction of sp³-hybridized carbons (Fsp3) is 0.333. The van der Waals surface area contributed by atoms with E-state index < -0.39 is 34.1 Å². The minimum absolute atomic E-state index is 0.00961. The zero-order valence-corrected chi connectivity index (χ0v) is 25.0. The van der Waals surface area contributed by atoms with Gasteiger partial charge in [0.15, 0.2) is 0 Å². The maximum absolute atomic E-state index is 13.9. The van der Waals surface area contributed by atoms with E-state index in [1.165, 1.54) is 17.0 Å². The van der Waals surface area contributed by atoms with Crippen LogP contribution in [0.3, 0.4) is 0 Å². The number of para-hydroxylation sites is 1. The summed E-state index contributed by atoms with van der Waals surface area (Å²) in [4.78, 5) is 28.5. The first-order valence-electron chi connectivity index (χ1n) is 13.0. The predicted octanol–water partition coefficient (Wildman–Crippen LogP) is 5.27. The molecule has 2 amide bonds. The first-order chi connectivity index (χ1) is 18.8. The number of carbonyl (C=O) groups is 2. The molecule has 3 rings (SSSR count). The molecule has 1 N–H and O–H groups in total. The lowest BCUT2D eigenvalue weighted by atomic mass is 10.1. The van der Waals surface area contributed by atoms with Crippen molar-refractivity contribution in [2.75, 3.05) is 17.5 Å². The second kappa shape index (κ2) is 13.2. The third-order valence-electron chi connectivity index (χ3n) is 5.98. The molecule has 0 saturated carbocycles. The normalized spacial score (nSPS) is 12.3. The average Bonchev–Trinajstić information content (AvgIpc) is 2.91. The van der Waals surface area contributed by atoms with Crippen molar-refractivity contribution in [3.8, 4) is 5.75 Å². The monoisotopic (exact) mass is 585 g/mol. The van der Waals surface area contributed by atoms with Crippen molar-refractivity contribution in [2.45, 2.75) is 57.6 Å². The van der Waals surface area contributed by atoms with Gasteiger partial charge in [0.1, 0.15) is 18.3 Å². The second-order valence-corrected chi connectivity index (χ2v) is 12.6. The van der Waals surface area contributed by atoms with Crippen molar-refractivity contribution in [2.24, 2.45) is 0 Å². The number of nitrogens with one attached hydrogen (secondary N) is 1. The molecule has 0 bridgehead atoms. The Bertz CT molecular complexity index is 1390. The van der Waals surface area contributed by atoms with Gasteiger partial charge in [-0.2, -0.15) is 0 Å². The molecule has 0 heterocycles. The highest BCUT2D eigenvalue weighted by Gasteiger charge is 2.33. The van der Waals surface area contributed by atoms with Gasteiger partial charge >= 0.3 is 0 Å². The van der Waals surface area contributed by atoms with Gasteiger partial charge in [-0.1, -0.05) is 41.9 Å². The van der Waals surface area contributed by atoms with Gasteiger partial charge in [-0.05, 0) is 88.7 Å². The van der Waals surface area contributed by atoms with Crippen molar-refractivity contribution >= 4 is 39.1 Å². The van der Waals surface area contributed by atoms with Gasteiger partial charge in [0, 0.05) is 17.1 Å². The van der Waals surface area contributed by atoms with Crippen LogP contribution in [0.25, 0.3) is 0 Å². The SMILES string of the molecule is CCOc1ccc(S(=O)(=O)N(CC(=O)N(Cc2ccc(Cl)cc2)[C@@H](C)C(=O)NC(C)(C)C)c2ccccc2)cc1. The highest BCUT2D eigenvalue weighted by atomic mass is 35.5. The third-order valence-corrected chi connectivity index (χ3v) is 8.02. The molecule has 0 aliphatic rings. The van der Waals surface area contributed by atoms with Gasteiger partial charge in [0.2, 0.25) is 11.8 Å². The van der Waals surface area contributed by atoms with Crippen molar-refractivity contribution in [1.82, 2.24) is 10.2 Å². The summed E-state index contributed by atoms with van der Waals surface area (Å²) in [5.41, 5.74) is 0.546. The maximum atomic E-state index is 13.9. The van der Waals surface area contributed by atoms with Gasteiger partial charge < -0.3 is 15.0 Å². The molecule has 0 unspecified atom stereocenters. The molecule has 214 valence electrons. The predicted molar refractivity (Wildman–Crippen MR) is 158 cm³/mol. The molecule has 3 aromatic carbocycles. The lowest BCUT2D eigenvalue weighted by Gasteiger charge is -2.33. The van der Waals surface area contributed by atoms with Crippen LogP contribution in [0.15, 0.2) is 83.8 Å². The number of amides is 2. The third kappa shape index (κ3) is 8.22. The van der Waals surface area contributed by atoms with Gasteiger partial charge in [-0.3, -0.25) is 13.9 Å². The standard InChI is InChI=1S/C30H36ClN3O5S/c1-6-39-26-16-18-27(19-17-26)40(37,38)34(25-10-8-7-9-11-25)21-28(35)33(20-23-12-14-24(31)15-13-23)22(2)29(36)32-30(3,4)5/h7-19,22H,6,20-21H2,1-5H3,(H,32,36)/t22-/m0/s1. The largest absolute Gasteiger partial charge is 0.494 e. The van der Waals surface area contributed by atoms with Crippen molar-refractivity contribution in [3.05, 3.63) is 89.4 Å². The van der Waals surface area contributed by atoms with E-state index in [1.807, 2.05) is 27.7 Å². The Morgan fingerprint density at radius 3 is 2.10 bits per heavy atom. The van der Waals surface area contributed by atoms with E-state index in [9.17, 15) is 18.0 Å². The van der Waals surface area contributed by atoms with Crippen molar-refractivity contribution in [1.29, 1.82) is 0 Å². The number of sulfonamides is 1. The van der Waals surface area contributed by atoms with Crippen molar-refractivity contribution in [3.63, 3.8) is 0 Å². The highest BCUT2D eigenvalue weighted by Crippen LogP contribution is 2.26. The number of hydrogen-bond donors (Lipinski definition) is 1. The van der Waals surface area contributed by atoms with Crippen LogP contribution >= 0.6 is 11.6 Å². The number of nitrogens with zero attached hydrogens (tertiary/aromatic N) is 2. The lowest BCUT2D eigenvalue weighted by molar-refractivity contribution is -0.140. The summed E-state index contributed by atoms with van der Waals surface area (Å²) in [7, 11) is -4.16. The number of rotatable bonds is 11. The molecule has 0 saturated heterocycles. The van der Waals surface area contributed by atoms with Gasteiger partial charge in [-0.25, -0.2) is 8.42 Å². The number of benzene rings is 3. The molecule has 0 radical (unpaired) electrons. The lowest BCUT2D eigenvalue weighted by Crippen LogP contribution is -2.54. The highest BCUT2D eigenvalue weighted by molar-refractivity contribution is 7.92. The van der Waals surface area contributed by atoms with Crippen LogP contribution in [0.4, 0.5) is 5.69 Å². The Morgan fingerprint density at radius 1 is 0.950 bits per heavy atom. The van der Waals surface area contributed by atoms with Crippen LogP contribution in [0.5, 0.6) is 5.75 Å². The summed E-state index contributed by atoms with van der Waals surface area (Å²) in [5, 5.41) is 3.45. The zero-order chi connectivity index (χ0) is 29.5. The number of anilines is 1. The van der Waals surface area contributed by atoms with Gasteiger partial charge in [0.05, 0.1) is 17.2 Å². The molecular formula is C30H36ClN3O5S. The molecule has 0 spiro atoms. The van der Waals surface area contributed by atoms with Crippen molar-refractivity contribution < 1.29 is 22.7 Å². The molecule has 0 aliphatic carbocycles. The van der Waals surface area contributed by atoms with E-state index >= 15 is 0 Å². The van der Waals surface area contributed by atoms with Gasteiger partial charge in [0.25, 0.3) is 10.0 Å². The van der Waals surface area contributed by atoms with Crippen LogP contribution < -0.4 is 14.4 Å².